The Balaban J connectivity index is 2.13. The molecule has 0 bridgehead atoms. The summed E-state index contributed by atoms with van der Waals surface area (Å²) < 4.78 is 5.45. The van der Waals surface area contributed by atoms with Crippen LogP contribution in [0.5, 0.6) is 0 Å². The third-order valence-corrected chi connectivity index (χ3v) is 4.01. The van der Waals surface area contributed by atoms with Crippen LogP contribution in [0.1, 0.15) is 37.2 Å². The Kier molecular flexibility index (Phi) is 5.45. The number of hydrogen-bond acceptors (Lipinski definition) is 3. The Morgan fingerprint density at radius 2 is 2.05 bits per heavy atom. The van der Waals surface area contributed by atoms with Crippen molar-refractivity contribution in [2.75, 3.05) is 11.4 Å². The van der Waals surface area contributed by atoms with Crippen molar-refractivity contribution in [2.45, 2.75) is 46.2 Å². The molecule has 0 radical (unpaired) electrons. The van der Waals surface area contributed by atoms with Crippen molar-refractivity contribution >= 4 is 5.69 Å². The van der Waals surface area contributed by atoms with E-state index in [4.69, 9.17) is 10.2 Å². The van der Waals surface area contributed by atoms with Crippen molar-refractivity contribution < 1.29 is 4.42 Å². The van der Waals surface area contributed by atoms with Gasteiger partial charge in [0.25, 0.3) is 0 Å². The molecule has 0 fully saturated rings. The molecule has 2 rings (SSSR count). The third kappa shape index (κ3) is 4.11. The first-order valence-corrected chi connectivity index (χ1v) is 7.76. The fourth-order valence-electron chi connectivity index (χ4n) is 2.51. The number of rotatable bonds is 7. The molecule has 114 valence electrons. The molecule has 1 unspecified atom stereocenters. The predicted molar refractivity (Wildman–Crippen MR) is 88.6 cm³/mol. The Morgan fingerprint density at radius 3 is 2.62 bits per heavy atom. The largest absolute Gasteiger partial charge is 0.467 e. The molecule has 0 aliphatic carbocycles. The summed E-state index contributed by atoms with van der Waals surface area (Å²) in [5, 5.41) is 0. The standard InChI is InChI=1S/C18H26N2O/c1-4-16(19)12-15-8-9-17(11-14(15)3)20(5-2)13-18-7-6-10-21-18/h6-11,16H,4-5,12-13,19H2,1-3H3. The number of nitrogens with zero attached hydrogens (tertiary/aromatic N) is 1. The number of anilines is 1. The van der Waals surface area contributed by atoms with E-state index in [2.05, 4.69) is 43.9 Å². The predicted octanol–water partition coefficient (Wildman–Crippen LogP) is 3.89. The summed E-state index contributed by atoms with van der Waals surface area (Å²) in [5.41, 5.74) is 9.97. The van der Waals surface area contributed by atoms with Crippen molar-refractivity contribution in [3.63, 3.8) is 0 Å². The first-order chi connectivity index (χ1) is 10.1. The maximum absolute atomic E-state index is 6.07. The lowest BCUT2D eigenvalue weighted by molar-refractivity contribution is 0.503. The first kappa shape index (κ1) is 15.6. The molecular formula is C18H26N2O. The molecule has 3 heteroatoms. The van der Waals surface area contributed by atoms with Crippen LogP contribution in [0.3, 0.4) is 0 Å². The van der Waals surface area contributed by atoms with Crippen LogP contribution < -0.4 is 10.6 Å². The number of nitrogens with two attached hydrogens (primary N) is 1. The molecule has 3 nitrogen and oxygen atoms in total. The SMILES string of the molecule is CCC(N)Cc1ccc(N(CC)Cc2ccco2)cc1C. The molecule has 0 saturated carbocycles. The fraction of sp³-hybridized carbons (Fsp3) is 0.444. The van der Waals surface area contributed by atoms with Gasteiger partial charge in [-0.15, -0.1) is 0 Å². The Hall–Kier alpha value is -1.74. The Bertz CT molecular complexity index is 548. The van der Waals surface area contributed by atoms with Gasteiger partial charge in [0.1, 0.15) is 5.76 Å². The summed E-state index contributed by atoms with van der Waals surface area (Å²) in [6.07, 6.45) is 3.69. The molecule has 0 amide bonds. The molecule has 0 saturated heterocycles. The molecule has 1 atom stereocenters. The summed E-state index contributed by atoms with van der Waals surface area (Å²) in [7, 11) is 0. The first-order valence-electron chi connectivity index (χ1n) is 7.76. The van der Waals surface area contributed by atoms with Gasteiger partial charge in [-0.05, 0) is 62.1 Å². The van der Waals surface area contributed by atoms with Gasteiger partial charge in [0.15, 0.2) is 0 Å². The van der Waals surface area contributed by atoms with Crippen molar-refractivity contribution in [3.05, 3.63) is 53.5 Å². The van der Waals surface area contributed by atoms with Crippen molar-refractivity contribution in [3.8, 4) is 0 Å². The van der Waals surface area contributed by atoms with Gasteiger partial charge in [-0.3, -0.25) is 0 Å². The number of benzene rings is 1. The van der Waals surface area contributed by atoms with Crippen LogP contribution in [0.15, 0.2) is 41.0 Å². The highest BCUT2D eigenvalue weighted by Crippen LogP contribution is 2.22. The van der Waals surface area contributed by atoms with Gasteiger partial charge in [0.2, 0.25) is 0 Å². The Morgan fingerprint density at radius 1 is 1.24 bits per heavy atom. The molecular weight excluding hydrogens is 260 g/mol. The zero-order valence-electron chi connectivity index (χ0n) is 13.3. The summed E-state index contributed by atoms with van der Waals surface area (Å²) in [6, 6.07) is 10.9. The summed E-state index contributed by atoms with van der Waals surface area (Å²) in [5.74, 6) is 0.992. The average Bonchev–Trinajstić information content (AvgIpc) is 2.99. The van der Waals surface area contributed by atoms with Gasteiger partial charge in [-0.25, -0.2) is 0 Å². The minimum absolute atomic E-state index is 0.250. The quantitative estimate of drug-likeness (QED) is 0.839. The molecule has 1 aromatic heterocycles. The van der Waals surface area contributed by atoms with Crippen LogP contribution in [0.2, 0.25) is 0 Å². The number of aryl methyl sites for hydroxylation is 1. The maximum atomic E-state index is 6.07. The highest BCUT2D eigenvalue weighted by Gasteiger charge is 2.10. The van der Waals surface area contributed by atoms with Crippen molar-refractivity contribution in [1.29, 1.82) is 0 Å². The lowest BCUT2D eigenvalue weighted by atomic mass is 9.99. The van der Waals surface area contributed by atoms with E-state index in [9.17, 15) is 0 Å². The molecule has 0 spiro atoms. The van der Waals surface area contributed by atoms with Crippen LogP contribution in [0.25, 0.3) is 0 Å². The highest BCUT2D eigenvalue weighted by molar-refractivity contribution is 5.51. The molecule has 2 N–H and O–H groups in total. The lowest BCUT2D eigenvalue weighted by Crippen LogP contribution is -2.23. The van der Waals surface area contributed by atoms with E-state index in [0.29, 0.717) is 0 Å². The maximum Gasteiger partial charge on any atom is 0.123 e. The summed E-state index contributed by atoms with van der Waals surface area (Å²) in [6.45, 7) is 8.22. The average molecular weight is 286 g/mol. The second-order valence-electron chi connectivity index (χ2n) is 5.58. The van der Waals surface area contributed by atoms with E-state index >= 15 is 0 Å². The van der Waals surface area contributed by atoms with Crippen LogP contribution in [-0.4, -0.2) is 12.6 Å². The topological polar surface area (TPSA) is 42.4 Å². The van der Waals surface area contributed by atoms with Crippen LogP contribution in [-0.2, 0) is 13.0 Å². The van der Waals surface area contributed by atoms with Gasteiger partial charge in [-0.2, -0.15) is 0 Å². The van der Waals surface area contributed by atoms with Crippen LogP contribution >= 0.6 is 0 Å². The van der Waals surface area contributed by atoms with E-state index in [-0.39, 0.29) is 6.04 Å². The third-order valence-electron chi connectivity index (χ3n) is 4.01. The summed E-state index contributed by atoms with van der Waals surface area (Å²) >= 11 is 0. The molecule has 1 aromatic carbocycles. The number of furan rings is 1. The van der Waals surface area contributed by atoms with Crippen molar-refractivity contribution in [1.82, 2.24) is 0 Å². The van der Waals surface area contributed by atoms with E-state index in [1.165, 1.54) is 16.8 Å². The smallest absolute Gasteiger partial charge is 0.123 e. The monoisotopic (exact) mass is 286 g/mol. The van der Waals surface area contributed by atoms with Crippen molar-refractivity contribution in [2.24, 2.45) is 5.73 Å². The van der Waals surface area contributed by atoms with Gasteiger partial charge < -0.3 is 15.1 Å². The van der Waals surface area contributed by atoms with E-state index < -0.39 is 0 Å². The fourth-order valence-corrected chi connectivity index (χ4v) is 2.51. The zero-order chi connectivity index (χ0) is 15.2. The second kappa shape index (κ2) is 7.32. The van der Waals surface area contributed by atoms with E-state index in [1.807, 2.05) is 12.1 Å². The minimum atomic E-state index is 0.250. The van der Waals surface area contributed by atoms with Crippen LogP contribution in [0, 0.1) is 6.92 Å². The number of hydrogen-bond donors (Lipinski definition) is 1. The van der Waals surface area contributed by atoms with E-state index in [1.54, 1.807) is 6.26 Å². The van der Waals surface area contributed by atoms with Gasteiger partial charge in [0, 0.05) is 18.3 Å². The molecule has 21 heavy (non-hydrogen) atoms. The lowest BCUT2D eigenvalue weighted by Gasteiger charge is -2.23. The van der Waals surface area contributed by atoms with Gasteiger partial charge >= 0.3 is 0 Å². The molecule has 0 aliphatic rings. The zero-order valence-corrected chi connectivity index (χ0v) is 13.3. The minimum Gasteiger partial charge on any atom is -0.467 e. The molecule has 2 aromatic rings. The van der Waals surface area contributed by atoms with Crippen LogP contribution in [0.4, 0.5) is 5.69 Å². The second-order valence-corrected chi connectivity index (χ2v) is 5.58. The molecule has 1 heterocycles. The van der Waals surface area contributed by atoms with Gasteiger partial charge in [-0.1, -0.05) is 13.0 Å². The van der Waals surface area contributed by atoms with Gasteiger partial charge in [0.05, 0.1) is 12.8 Å². The molecule has 0 aliphatic heterocycles. The normalized spacial score (nSPS) is 12.4. The Labute approximate surface area is 127 Å². The summed E-state index contributed by atoms with van der Waals surface area (Å²) in [4.78, 5) is 2.31. The van der Waals surface area contributed by atoms with E-state index in [0.717, 1.165) is 31.7 Å². The highest BCUT2D eigenvalue weighted by atomic mass is 16.3.